The van der Waals surface area contributed by atoms with Crippen LogP contribution in [-0.2, 0) is 16.0 Å². The highest BCUT2D eigenvalue weighted by molar-refractivity contribution is 5.94. The smallest absolute Gasteiger partial charge is 0.224 e. The standard InChI is InChI=1S/C19H28N2O2/c1-4-17-10-8-9-15(2)19(17)21(16(3)22)14-11-18(23)20-12-6-5-7-13-20/h8-10H,4-7,11-14H2,1-3H3. The summed E-state index contributed by atoms with van der Waals surface area (Å²) in [5.74, 6) is 0.169. The van der Waals surface area contributed by atoms with Gasteiger partial charge in [0.05, 0.1) is 0 Å². The summed E-state index contributed by atoms with van der Waals surface area (Å²) in [6.07, 6.45) is 4.68. The first kappa shape index (κ1) is 17.5. The Balaban J connectivity index is 2.10. The molecule has 0 N–H and O–H groups in total. The predicted molar refractivity (Wildman–Crippen MR) is 93.6 cm³/mol. The van der Waals surface area contributed by atoms with Crippen molar-refractivity contribution in [2.75, 3.05) is 24.5 Å². The molecule has 23 heavy (non-hydrogen) atoms. The second kappa shape index (κ2) is 8.14. The maximum atomic E-state index is 12.4. The van der Waals surface area contributed by atoms with Crippen LogP contribution in [0.15, 0.2) is 18.2 Å². The SMILES string of the molecule is CCc1cccc(C)c1N(CCC(=O)N1CCCCC1)C(C)=O. The minimum Gasteiger partial charge on any atom is -0.343 e. The van der Waals surface area contributed by atoms with Crippen molar-refractivity contribution in [3.05, 3.63) is 29.3 Å². The van der Waals surface area contributed by atoms with Crippen LogP contribution in [0.3, 0.4) is 0 Å². The van der Waals surface area contributed by atoms with Gasteiger partial charge in [-0.25, -0.2) is 0 Å². The van der Waals surface area contributed by atoms with Gasteiger partial charge in [0.1, 0.15) is 0 Å². The minimum atomic E-state index is 0.000411. The number of anilines is 1. The lowest BCUT2D eigenvalue weighted by molar-refractivity contribution is -0.131. The Hall–Kier alpha value is -1.84. The van der Waals surface area contributed by atoms with E-state index in [1.54, 1.807) is 11.8 Å². The number of benzene rings is 1. The first-order valence-corrected chi connectivity index (χ1v) is 8.69. The fourth-order valence-electron chi connectivity index (χ4n) is 3.33. The molecular weight excluding hydrogens is 288 g/mol. The summed E-state index contributed by atoms with van der Waals surface area (Å²) >= 11 is 0. The van der Waals surface area contributed by atoms with Crippen LogP contribution in [0.2, 0.25) is 0 Å². The molecule has 0 radical (unpaired) electrons. The van der Waals surface area contributed by atoms with Gasteiger partial charge in [-0.15, -0.1) is 0 Å². The molecule has 0 atom stereocenters. The number of hydrogen-bond acceptors (Lipinski definition) is 2. The van der Waals surface area contributed by atoms with Gasteiger partial charge in [-0.2, -0.15) is 0 Å². The van der Waals surface area contributed by atoms with Crippen LogP contribution in [0, 0.1) is 6.92 Å². The van der Waals surface area contributed by atoms with Crippen molar-refractivity contribution >= 4 is 17.5 Å². The van der Waals surface area contributed by atoms with Crippen molar-refractivity contribution in [2.24, 2.45) is 0 Å². The molecular formula is C19H28N2O2. The lowest BCUT2D eigenvalue weighted by Crippen LogP contribution is -2.39. The molecule has 2 amide bonds. The monoisotopic (exact) mass is 316 g/mol. The normalized spacial score (nSPS) is 14.7. The van der Waals surface area contributed by atoms with Gasteiger partial charge in [0.25, 0.3) is 0 Å². The topological polar surface area (TPSA) is 40.6 Å². The van der Waals surface area contributed by atoms with Crippen LogP contribution in [0.1, 0.15) is 50.7 Å². The zero-order chi connectivity index (χ0) is 16.8. The van der Waals surface area contributed by atoms with E-state index in [4.69, 9.17) is 0 Å². The minimum absolute atomic E-state index is 0.000411. The summed E-state index contributed by atoms with van der Waals surface area (Å²) in [4.78, 5) is 28.3. The highest BCUT2D eigenvalue weighted by Gasteiger charge is 2.21. The van der Waals surface area contributed by atoms with E-state index >= 15 is 0 Å². The predicted octanol–water partition coefficient (Wildman–Crippen LogP) is 3.31. The summed E-state index contributed by atoms with van der Waals surface area (Å²) in [5, 5.41) is 0. The molecule has 0 saturated carbocycles. The zero-order valence-electron chi connectivity index (χ0n) is 14.6. The molecule has 4 heteroatoms. The second-order valence-corrected chi connectivity index (χ2v) is 6.30. The van der Waals surface area contributed by atoms with Crippen LogP contribution in [0.25, 0.3) is 0 Å². The third kappa shape index (κ3) is 4.34. The highest BCUT2D eigenvalue weighted by atomic mass is 16.2. The highest BCUT2D eigenvalue weighted by Crippen LogP contribution is 2.26. The third-order valence-corrected chi connectivity index (χ3v) is 4.61. The van der Waals surface area contributed by atoms with Gasteiger partial charge in [0, 0.05) is 38.7 Å². The van der Waals surface area contributed by atoms with Crippen LogP contribution in [-0.4, -0.2) is 36.3 Å². The number of likely N-dealkylation sites (tertiary alicyclic amines) is 1. The van der Waals surface area contributed by atoms with Gasteiger partial charge in [-0.3, -0.25) is 9.59 Å². The lowest BCUT2D eigenvalue weighted by atomic mass is 10.0. The first-order valence-electron chi connectivity index (χ1n) is 8.69. The van der Waals surface area contributed by atoms with Crippen molar-refractivity contribution in [3.63, 3.8) is 0 Å². The van der Waals surface area contributed by atoms with E-state index in [1.165, 1.54) is 6.42 Å². The quantitative estimate of drug-likeness (QED) is 0.836. The molecule has 126 valence electrons. The average Bonchev–Trinajstić information content (AvgIpc) is 2.56. The first-order chi connectivity index (χ1) is 11.0. The molecule has 1 aliphatic rings. The van der Waals surface area contributed by atoms with E-state index in [0.717, 1.165) is 49.2 Å². The van der Waals surface area contributed by atoms with Gasteiger partial charge in [-0.05, 0) is 43.7 Å². The Morgan fingerprint density at radius 3 is 2.48 bits per heavy atom. The Morgan fingerprint density at radius 1 is 1.17 bits per heavy atom. The van der Waals surface area contributed by atoms with E-state index in [2.05, 4.69) is 13.0 Å². The molecule has 1 saturated heterocycles. The van der Waals surface area contributed by atoms with Gasteiger partial charge < -0.3 is 9.80 Å². The van der Waals surface area contributed by atoms with Crippen molar-refractivity contribution in [3.8, 4) is 0 Å². The van der Waals surface area contributed by atoms with Gasteiger partial charge in [0.2, 0.25) is 11.8 Å². The Morgan fingerprint density at radius 2 is 1.87 bits per heavy atom. The molecule has 0 aliphatic carbocycles. The molecule has 0 spiro atoms. The molecule has 1 aliphatic heterocycles. The Labute approximate surface area is 139 Å². The Bertz CT molecular complexity index is 562. The average molecular weight is 316 g/mol. The summed E-state index contributed by atoms with van der Waals surface area (Å²) in [6.45, 7) is 7.89. The molecule has 1 heterocycles. The van der Waals surface area contributed by atoms with E-state index in [0.29, 0.717) is 13.0 Å². The van der Waals surface area contributed by atoms with Crippen LogP contribution in [0.5, 0.6) is 0 Å². The van der Waals surface area contributed by atoms with E-state index in [-0.39, 0.29) is 11.8 Å². The number of hydrogen-bond donors (Lipinski definition) is 0. The fourth-order valence-corrected chi connectivity index (χ4v) is 3.33. The number of piperidine rings is 1. The molecule has 0 bridgehead atoms. The van der Waals surface area contributed by atoms with Crippen molar-refractivity contribution in [1.82, 2.24) is 4.90 Å². The number of nitrogens with zero attached hydrogens (tertiary/aromatic N) is 2. The number of amides is 2. The van der Waals surface area contributed by atoms with E-state index in [1.807, 2.05) is 24.0 Å². The number of aryl methyl sites for hydroxylation is 2. The third-order valence-electron chi connectivity index (χ3n) is 4.61. The molecule has 2 rings (SSSR count). The molecule has 4 nitrogen and oxygen atoms in total. The molecule has 1 aromatic rings. The molecule has 0 unspecified atom stereocenters. The van der Waals surface area contributed by atoms with E-state index < -0.39 is 0 Å². The Kier molecular flexibility index (Phi) is 6.20. The lowest BCUT2D eigenvalue weighted by Gasteiger charge is -2.29. The van der Waals surface area contributed by atoms with Gasteiger partial charge in [-0.1, -0.05) is 25.1 Å². The summed E-state index contributed by atoms with van der Waals surface area (Å²) in [5.41, 5.74) is 3.23. The second-order valence-electron chi connectivity index (χ2n) is 6.30. The molecule has 1 fully saturated rings. The van der Waals surface area contributed by atoms with Crippen LogP contribution >= 0.6 is 0 Å². The molecule has 0 aromatic heterocycles. The van der Waals surface area contributed by atoms with Gasteiger partial charge in [0.15, 0.2) is 0 Å². The largest absolute Gasteiger partial charge is 0.343 e. The maximum Gasteiger partial charge on any atom is 0.224 e. The molecule has 1 aromatic carbocycles. The zero-order valence-corrected chi connectivity index (χ0v) is 14.6. The number of carbonyl (C=O) groups excluding carboxylic acids is 2. The number of carbonyl (C=O) groups is 2. The van der Waals surface area contributed by atoms with Crippen LogP contribution in [0.4, 0.5) is 5.69 Å². The van der Waals surface area contributed by atoms with Crippen molar-refractivity contribution < 1.29 is 9.59 Å². The van der Waals surface area contributed by atoms with Crippen molar-refractivity contribution in [2.45, 2.75) is 52.9 Å². The summed E-state index contributed by atoms with van der Waals surface area (Å²) in [7, 11) is 0. The summed E-state index contributed by atoms with van der Waals surface area (Å²) < 4.78 is 0. The number of rotatable bonds is 5. The van der Waals surface area contributed by atoms with Crippen molar-refractivity contribution in [1.29, 1.82) is 0 Å². The number of para-hydroxylation sites is 1. The van der Waals surface area contributed by atoms with Gasteiger partial charge >= 0.3 is 0 Å². The summed E-state index contributed by atoms with van der Waals surface area (Å²) in [6, 6.07) is 6.11. The maximum absolute atomic E-state index is 12.4. The fraction of sp³-hybridized carbons (Fsp3) is 0.579. The van der Waals surface area contributed by atoms with E-state index in [9.17, 15) is 9.59 Å². The van der Waals surface area contributed by atoms with Crippen LogP contribution < -0.4 is 4.90 Å².